The molecular weight excluding hydrogens is 344 g/mol. The molecule has 5 atom stereocenters. The molecule has 1 N–H and O–H groups in total. The maximum absolute atomic E-state index is 10.5. The van der Waals surface area contributed by atoms with Crippen molar-refractivity contribution < 1.29 is 23.1 Å². The van der Waals surface area contributed by atoms with Crippen LogP contribution < -0.4 is 0 Å². The van der Waals surface area contributed by atoms with E-state index in [-0.39, 0.29) is 18.3 Å². The van der Waals surface area contributed by atoms with Crippen LogP contribution in [0.3, 0.4) is 0 Å². The van der Waals surface area contributed by atoms with Crippen molar-refractivity contribution in [3.8, 4) is 0 Å². The van der Waals surface area contributed by atoms with Gasteiger partial charge in [-0.05, 0) is 65.8 Å². The third kappa shape index (κ3) is 7.47. The first-order chi connectivity index (χ1) is 10.1. The van der Waals surface area contributed by atoms with Crippen LogP contribution in [0.1, 0.15) is 6.92 Å². The SMILES string of the molecule is C[C@@H]1O[C@@H](O)[C@H](O[Si](C)(C)C)[C@H](O[Si](C)(C)C)[C@H]1O[Si](C)(C)C. The molecule has 0 bridgehead atoms. The van der Waals surface area contributed by atoms with Gasteiger partial charge < -0.3 is 23.1 Å². The molecule has 5 nitrogen and oxygen atoms in total. The van der Waals surface area contributed by atoms with Gasteiger partial charge in [0.1, 0.15) is 12.2 Å². The minimum atomic E-state index is -1.86. The Bertz CT molecular complexity index is 358. The quantitative estimate of drug-likeness (QED) is 0.716. The maximum Gasteiger partial charge on any atom is 0.184 e. The van der Waals surface area contributed by atoms with Gasteiger partial charge >= 0.3 is 0 Å². The molecule has 0 unspecified atom stereocenters. The third-order valence-electron chi connectivity index (χ3n) is 3.21. The van der Waals surface area contributed by atoms with E-state index in [1.807, 2.05) is 6.92 Å². The van der Waals surface area contributed by atoms with E-state index in [9.17, 15) is 5.11 Å². The number of hydrogen-bond donors (Lipinski definition) is 1. The number of aliphatic hydroxyl groups is 1. The van der Waals surface area contributed by atoms with Crippen LogP contribution in [-0.4, -0.2) is 60.8 Å². The molecule has 1 aliphatic heterocycles. The Balaban J connectivity index is 3.13. The Labute approximate surface area is 145 Å². The van der Waals surface area contributed by atoms with E-state index >= 15 is 0 Å². The van der Waals surface area contributed by atoms with Crippen LogP contribution in [0.2, 0.25) is 58.9 Å². The monoisotopic (exact) mass is 380 g/mol. The van der Waals surface area contributed by atoms with Gasteiger partial charge in [-0.3, -0.25) is 0 Å². The number of hydrogen-bond acceptors (Lipinski definition) is 5. The minimum absolute atomic E-state index is 0.210. The van der Waals surface area contributed by atoms with Gasteiger partial charge in [0.2, 0.25) is 0 Å². The van der Waals surface area contributed by atoms with Gasteiger partial charge in [-0.15, -0.1) is 0 Å². The van der Waals surface area contributed by atoms with Gasteiger partial charge in [0.25, 0.3) is 0 Å². The van der Waals surface area contributed by atoms with Crippen molar-refractivity contribution in [2.75, 3.05) is 0 Å². The van der Waals surface area contributed by atoms with E-state index in [4.69, 9.17) is 18.0 Å². The topological polar surface area (TPSA) is 57.2 Å². The fraction of sp³-hybridized carbons (Fsp3) is 1.00. The van der Waals surface area contributed by atoms with E-state index in [1.54, 1.807) is 0 Å². The second-order valence-electron chi connectivity index (χ2n) is 9.32. The molecule has 0 aromatic rings. The Morgan fingerprint density at radius 2 is 1.00 bits per heavy atom. The van der Waals surface area contributed by atoms with Crippen LogP contribution in [0, 0.1) is 0 Å². The third-order valence-corrected chi connectivity index (χ3v) is 6.15. The highest BCUT2D eigenvalue weighted by atomic mass is 28.4. The summed E-state index contributed by atoms with van der Waals surface area (Å²) in [6, 6.07) is 0. The first-order valence-corrected chi connectivity index (χ1v) is 18.7. The van der Waals surface area contributed by atoms with Crippen LogP contribution in [0.15, 0.2) is 0 Å². The van der Waals surface area contributed by atoms with Gasteiger partial charge in [0.15, 0.2) is 31.2 Å². The van der Waals surface area contributed by atoms with Crippen LogP contribution in [-0.2, 0) is 18.0 Å². The van der Waals surface area contributed by atoms with Crippen molar-refractivity contribution in [3.63, 3.8) is 0 Å². The lowest BCUT2D eigenvalue weighted by molar-refractivity contribution is -0.266. The summed E-state index contributed by atoms with van der Waals surface area (Å²) in [4.78, 5) is 0. The highest BCUT2D eigenvalue weighted by Crippen LogP contribution is 2.32. The highest BCUT2D eigenvalue weighted by Gasteiger charge is 2.49. The lowest BCUT2D eigenvalue weighted by atomic mass is 10.0. The molecule has 138 valence electrons. The Hall–Kier alpha value is 0.451. The first-order valence-electron chi connectivity index (χ1n) is 8.46. The molecule has 23 heavy (non-hydrogen) atoms. The smallest absolute Gasteiger partial charge is 0.184 e. The molecule has 1 rings (SSSR count). The fourth-order valence-electron chi connectivity index (χ4n) is 2.64. The molecule has 0 radical (unpaired) electrons. The molecule has 0 spiro atoms. The lowest BCUT2D eigenvalue weighted by Gasteiger charge is -2.48. The summed E-state index contributed by atoms with van der Waals surface area (Å²) in [6.45, 7) is 21.2. The zero-order valence-corrected chi connectivity index (χ0v) is 19.5. The molecular formula is C15H36O5Si3. The van der Waals surface area contributed by atoms with Gasteiger partial charge in [-0.25, -0.2) is 0 Å². The lowest BCUT2D eigenvalue weighted by Crippen LogP contribution is -2.64. The predicted molar refractivity (Wildman–Crippen MR) is 101 cm³/mol. The number of rotatable bonds is 6. The van der Waals surface area contributed by atoms with E-state index in [0.717, 1.165) is 0 Å². The number of ether oxygens (including phenoxy) is 1. The Morgan fingerprint density at radius 3 is 1.39 bits per heavy atom. The molecule has 1 fully saturated rings. The highest BCUT2D eigenvalue weighted by molar-refractivity contribution is 6.70. The van der Waals surface area contributed by atoms with Gasteiger partial charge in [0, 0.05) is 0 Å². The molecule has 0 amide bonds. The summed E-state index contributed by atoms with van der Waals surface area (Å²) in [7, 11) is -5.48. The molecule has 1 saturated heterocycles. The average Bonchev–Trinajstić information content (AvgIpc) is 2.25. The fourth-order valence-corrected chi connectivity index (χ4v) is 5.93. The van der Waals surface area contributed by atoms with Crippen molar-refractivity contribution >= 4 is 25.0 Å². The van der Waals surface area contributed by atoms with E-state index < -0.39 is 37.3 Å². The van der Waals surface area contributed by atoms with Crippen LogP contribution >= 0.6 is 0 Å². The predicted octanol–water partition coefficient (Wildman–Crippen LogP) is 3.38. The van der Waals surface area contributed by atoms with E-state index in [0.29, 0.717) is 0 Å². The van der Waals surface area contributed by atoms with Crippen molar-refractivity contribution in [2.45, 2.75) is 96.6 Å². The van der Waals surface area contributed by atoms with Gasteiger partial charge in [0.05, 0.1) is 12.2 Å². The summed E-state index contributed by atoms with van der Waals surface area (Å²) >= 11 is 0. The van der Waals surface area contributed by atoms with Crippen molar-refractivity contribution in [1.29, 1.82) is 0 Å². The van der Waals surface area contributed by atoms with Gasteiger partial charge in [-0.1, -0.05) is 0 Å². The largest absolute Gasteiger partial charge is 0.409 e. The molecule has 8 heteroatoms. The second-order valence-corrected chi connectivity index (χ2v) is 22.7. The molecule has 0 aromatic heterocycles. The Kier molecular flexibility index (Phi) is 6.88. The van der Waals surface area contributed by atoms with Crippen molar-refractivity contribution in [2.24, 2.45) is 0 Å². The number of aliphatic hydroxyl groups excluding tert-OH is 1. The summed E-state index contributed by atoms with van der Waals surface area (Å²) in [5.41, 5.74) is 0. The molecule has 0 saturated carbocycles. The molecule has 1 aliphatic rings. The maximum atomic E-state index is 10.5. The molecule has 1 heterocycles. The zero-order valence-electron chi connectivity index (χ0n) is 16.5. The normalized spacial score (nSPS) is 33.8. The second kappa shape index (κ2) is 7.37. The summed E-state index contributed by atoms with van der Waals surface area (Å²) in [5.74, 6) is 0. The Morgan fingerprint density at radius 1 is 0.652 bits per heavy atom. The summed E-state index contributed by atoms with van der Waals surface area (Å²) < 4.78 is 24.8. The van der Waals surface area contributed by atoms with Gasteiger partial charge in [-0.2, -0.15) is 0 Å². The first kappa shape index (κ1) is 21.5. The summed E-state index contributed by atoms with van der Waals surface area (Å²) in [5, 5.41) is 10.5. The molecule has 0 aromatic carbocycles. The average molecular weight is 381 g/mol. The minimum Gasteiger partial charge on any atom is -0.409 e. The van der Waals surface area contributed by atoms with Crippen molar-refractivity contribution in [1.82, 2.24) is 0 Å². The van der Waals surface area contributed by atoms with E-state index in [1.165, 1.54) is 0 Å². The van der Waals surface area contributed by atoms with Crippen LogP contribution in [0.4, 0.5) is 0 Å². The zero-order chi connectivity index (χ0) is 18.2. The van der Waals surface area contributed by atoms with Crippen molar-refractivity contribution in [3.05, 3.63) is 0 Å². The summed E-state index contributed by atoms with van der Waals surface area (Å²) in [6.07, 6.45) is -2.19. The van der Waals surface area contributed by atoms with E-state index in [2.05, 4.69) is 58.9 Å². The standard InChI is InChI=1S/C15H36O5Si3/c1-11-12(18-21(2,3)4)13(19-22(5,6)7)14(15(16)17-11)20-23(8,9)10/h11-16H,1-10H3/t11-,12-,13+,14+,15+/m0/s1. The van der Waals surface area contributed by atoms with Crippen LogP contribution in [0.5, 0.6) is 0 Å². The molecule has 0 aliphatic carbocycles. The van der Waals surface area contributed by atoms with Crippen LogP contribution in [0.25, 0.3) is 0 Å².